The van der Waals surface area contributed by atoms with E-state index in [1.165, 1.54) is 10.9 Å². The molecular formula is C15H15N3O2. The summed E-state index contributed by atoms with van der Waals surface area (Å²) < 4.78 is 1.55. The van der Waals surface area contributed by atoms with Gasteiger partial charge in [-0.2, -0.15) is 0 Å². The summed E-state index contributed by atoms with van der Waals surface area (Å²) in [5, 5.41) is 10.4. The van der Waals surface area contributed by atoms with E-state index in [2.05, 4.69) is 16.0 Å². The predicted molar refractivity (Wildman–Crippen MR) is 75.9 cm³/mol. The molecule has 5 heteroatoms. The van der Waals surface area contributed by atoms with Gasteiger partial charge in [0.25, 0.3) is 0 Å². The number of hydrogen-bond acceptors (Lipinski definition) is 2. The number of carbonyl (C=O) groups is 1. The Morgan fingerprint density at radius 1 is 1.35 bits per heavy atom. The van der Waals surface area contributed by atoms with Crippen molar-refractivity contribution in [3.8, 4) is 0 Å². The van der Waals surface area contributed by atoms with Crippen molar-refractivity contribution in [3.63, 3.8) is 0 Å². The summed E-state index contributed by atoms with van der Waals surface area (Å²) in [7, 11) is 1.70. The molecule has 0 aliphatic heterocycles. The van der Waals surface area contributed by atoms with Crippen LogP contribution in [0.2, 0.25) is 0 Å². The summed E-state index contributed by atoms with van der Waals surface area (Å²) in [4.78, 5) is 18.6. The Morgan fingerprint density at radius 2 is 2.15 bits per heavy atom. The summed E-state index contributed by atoms with van der Waals surface area (Å²) in [6, 6.07) is 8.09. The number of benzene rings is 1. The fourth-order valence-electron chi connectivity index (χ4n) is 2.53. The first kappa shape index (κ1) is 12.5. The number of fused-ring (bicyclic) bond motifs is 1. The highest BCUT2D eigenvalue weighted by Gasteiger charge is 2.16. The van der Waals surface area contributed by atoms with Crippen LogP contribution in [0.1, 0.15) is 21.7 Å². The van der Waals surface area contributed by atoms with Crippen molar-refractivity contribution in [2.24, 2.45) is 7.05 Å². The lowest BCUT2D eigenvalue weighted by molar-refractivity contribution is 0.0685. The third kappa shape index (κ3) is 2.07. The highest BCUT2D eigenvalue weighted by Crippen LogP contribution is 2.20. The SMILES string of the molecule is Cn1cnc(CCc2c[nH]c3ccccc23)c1C(=O)O. The molecule has 0 aliphatic rings. The van der Waals surface area contributed by atoms with E-state index < -0.39 is 5.97 Å². The topological polar surface area (TPSA) is 70.9 Å². The zero-order valence-corrected chi connectivity index (χ0v) is 11.1. The van der Waals surface area contributed by atoms with Crippen LogP contribution in [-0.2, 0) is 19.9 Å². The van der Waals surface area contributed by atoms with Gasteiger partial charge in [0.05, 0.1) is 12.0 Å². The second-order valence-electron chi connectivity index (χ2n) is 4.82. The fourth-order valence-corrected chi connectivity index (χ4v) is 2.53. The average Bonchev–Trinajstić information content (AvgIpc) is 3.00. The zero-order chi connectivity index (χ0) is 14.1. The maximum atomic E-state index is 11.2. The highest BCUT2D eigenvalue weighted by atomic mass is 16.4. The van der Waals surface area contributed by atoms with E-state index in [1.54, 1.807) is 17.9 Å². The average molecular weight is 269 g/mol. The molecule has 0 saturated heterocycles. The second-order valence-corrected chi connectivity index (χ2v) is 4.82. The number of aromatic carboxylic acids is 1. The van der Waals surface area contributed by atoms with Crippen LogP contribution in [0.4, 0.5) is 0 Å². The molecule has 0 saturated carbocycles. The fraction of sp³-hybridized carbons (Fsp3) is 0.200. The molecule has 0 spiro atoms. The minimum atomic E-state index is -0.932. The van der Waals surface area contributed by atoms with E-state index in [1.807, 2.05) is 24.4 Å². The van der Waals surface area contributed by atoms with Crippen molar-refractivity contribution >= 4 is 16.9 Å². The number of H-pyrrole nitrogens is 1. The first-order chi connectivity index (χ1) is 9.66. The number of hydrogen-bond donors (Lipinski definition) is 2. The Labute approximate surface area is 115 Å². The van der Waals surface area contributed by atoms with Crippen molar-refractivity contribution in [1.82, 2.24) is 14.5 Å². The molecule has 1 aromatic carbocycles. The largest absolute Gasteiger partial charge is 0.477 e. The monoisotopic (exact) mass is 269 g/mol. The first-order valence-electron chi connectivity index (χ1n) is 6.45. The molecule has 102 valence electrons. The number of imidazole rings is 1. The van der Waals surface area contributed by atoms with E-state index in [9.17, 15) is 9.90 Å². The Kier molecular flexibility index (Phi) is 3.02. The van der Waals surface area contributed by atoms with E-state index in [0.717, 1.165) is 11.9 Å². The van der Waals surface area contributed by atoms with Crippen LogP contribution in [0.25, 0.3) is 10.9 Å². The number of aromatic amines is 1. The summed E-state index contributed by atoms with van der Waals surface area (Å²) in [5.74, 6) is -0.932. The summed E-state index contributed by atoms with van der Waals surface area (Å²) in [6.07, 6.45) is 4.91. The van der Waals surface area contributed by atoms with Crippen LogP contribution in [0.5, 0.6) is 0 Å². The van der Waals surface area contributed by atoms with E-state index >= 15 is 0 Å². The number of aromatic nitrogens is 3. The Morgan fingerprint density at radius 3 is 2.95 bits per heavy atom. The first-order valence-corrected chi connectivity index (χ1v) is 6.45. The van der Waals surface area contributed by atoms with E-state index in [0.29, 0.717) is 12.1 Å². The lowest BCUT2D eigenvalue weighted by Gasteiger charge is -2.01. The molecule has 20 heavy (non-hydrogen) atoms. The predicted octanol–water partition coefficient (Wildman–Crippen LogP) is 2.38. The van der Waals surface area contributed by atoms with Crippen LogP contribution in [0.3, 0.4) is 0 Å². The number of carboxylic acid groups (broad SMARTS) is 1. The molecule has 2 aromatic heterocycles. The van der Waals surface area contributed by atoms with Gasteiger partial charge in [-0.25, -0.2) is 9.78 Å². The molecule has 3 rings (SSSR count). The van der Waals surface area contributed by atoms with Crippen molar-refractivity contribution in [2.75, 3.05) is 0 Å². The van der Waals surface area contributed by atoms with Crippen molar-refractivity contribution in [3.05, 3.63) is 53.7 Å². The summed E-state index contributed by atoms with van der Waals surface area (Å²) in [6.45, 7) is 0. The second kappa shape index (κ2) is 4.85. The molecule has 2 heterocycles. The zero-order valence-electron chi connectivity index (χ0n) is 11.1. The van der Waals surface area contributed by atoms with Crippen LogP contribution < -0.4 is 0 Å². The molecule has 0 radical (unpaired) electrons. The molecule has 0 aliphatic carbocycles. The molecule has 3 aromatic rings. The highest BCUT2D eigenvalue weighted by molar-refractivity contribution is 5.87. The lowest BCUT2D eigenvalue weighted by atomic mass is 10.1. The van der Waals surface area contributed by atoms with Crippen molar-refractivity contribution < 1.29 is 9.90 Å². The van der Waals surface area contributed by atoms with Gasteiger partial charge in [-0.1, -0.05) is 18.2 Å². The van der Waals surface area contributed by atoms with Gasteiger partial charge in [-0.05, 0) is 24.5 Å². The normalized spacial score (nSPS) is 11.1. The smallest absolute Gasteiger partial charge is 0.354 e. The standard InChI is InChI=1S/C15H15N3O2/c1-18-9-17-13(14(18)15(19)20)7-6-10-8-16-12-5-3-2-4-11(10)12/h2-5,8-9,16H,6-7H2,1H3,(H,19,20). The van der Waals surface area contributed by atoms with Gasteiger partial charge in [0.1, 0.15) is 5.69 Å². The molecule has 0 amide bonds. The van der Waals surface area contributed by atoms with Gasteiger partial charge in [0.2, 0.25) is 0 Å². The minimum Gasteiger partial charge on any atom is -0.477 e. The third-order valence-electron chi connectivity index (χ3n) is 3.52. The van der Waals surface area contributed by atoms with Crippen molar-refractivity contribution in [1.29, 1.82) is 0 Å². The van der Waals surface area contributed by atoms with E-state index in [4.69, 9.17) is 0 Å². The molecule has 5 nitrogen and oxygen atoms in total. The molecule has 0 fully saturated rings. The number of nitrogens with zero attached hydrogens (tertiary/aromatic N) is 2. The van der Waals surface area contributed by atoms with Gasteiger partial charge in [0, 0.05) is 24.1 Å². The van der Waals surface area contributed by atoms with E-state index in [-0.39, 0.29) is 5.69 Å². The summed E-state index contributed by atoms with van der Waals surface area (Å²) >= 11 is 0. The molecule has 0 bridgehead atoms. The minimum absolute atomic E-state index is 0.268. The third-order valence-corrected chi connectivity index (χ3v) is 3.52. The molecule has 2 N–H and O–H groups in total. The number of aryl methyl sites for hydroxylation is 3. The number of para-hydroxylation sites is 1. The maximum absolute atomic E-state index is 11.2. The van der Waals surface area contributed by atoms with Gasteiger partial charge in [-0.3, -0.25) is 0 Å². The van der Waals surface area contributed by atoms with Gasteiger partial charge in [0.15, 0.2) is 0 Å². The van der Waals surface area contributed by atoms with Gasteiger partial charge >= 0.3 is 5.97 Å². The maximum Gasteiger partial charge on any atom is 0.354 e. The number of carboxylic acids is 1. The molecular weight excluding hydrogens is 254 g/mol. The quantitative estimate of drug-likeness (QED) is 0.764. The molecule has 0 atom stereocenters. The van der Waals surface area contributed by atoms with Gasteiger partial charge in [-0.15, -0.1) is 0 Å². The van der Waals surface area contributed by atoms with Crippen LogP contribution in [0.15, 0.2) is 36.8 Å². The number of rotatable bonds is 4. The Balaban J connectivity index is 1.85. The van der Waals surface area contributed by atoms with Crippen LogP contribution in [0, 0.1) is 0 Å². The summed E-state index contributed by atoms with van der Waals surface area (Å²) in [5.41, 5.74) is 3.18. The molecule has 0 unspecified atom stereocenters. The van der Waals surface area contributed by atoms with Crippen LogP contribution >= 0.6 is 0 Å². The van der Waals surface area contributed by atoms with Crippen LogP contribution in [-0.4, -0.2) is 25.6 Å². The number of nitrogens with one attached hydrogen (secondary N) is 1. The Bertz CT molecular complexity index is 770. The van der Waals surface area contributed by atoms with Crippen molar-refractivity contribution in [2.45, 2.75) is 12.8 Å². The van der Waals surface area contributed by atoms with Gasteiger partial charge < -0.3 is 14.7 Å². The lowest BCUT2D eigenvalue weighted by Crippen LogP contribution is -2.08. The Hall–Kier alpha value is -2.56.